The Morgan fingerprint density at radius 1 is 1.40 bits per heavy atom. The Bertz CT molecular complexity index is 615. The minimum Gasteiger partial charge on any atom is -0.211 e. The second-order valence-electron chi connectivity index (χ2n) is 5.00. The molecule has 1 aromatic rings. The van der Waals surface area contributed by atoms with Crippen molar-refractivity contribution in [2.24, 2.45) is 5.92 Å². The highest BCUT2D eigenvalue weighted by Gasteiger charge is 2.19. The van der Waals surface area contributed by atoms with E-state index >= 15 is 0 Å². The maximum absolute atomic E-state index is 12.2. The van der Waals surface area contributed by atoms with Crippen LogP contribution in [0.3, 0.4) is 0 Å². The van der Waals surface area contributed by atoms with E-state index < -0.39 is 10.0 Å². The number of aryl methyl sites for hydroxylation is 1. The van der Waals surface area contributed by atoms with Gasteiger partial charge in [-0.2, -0.15) is 17.0 Å². The average Bonchev–Trinajstić information content (AvgIpc) is 2.46. The quantitative estimate of drug-likeness (QED) is 0.926. The number of hydrogen-bond acceptors (Lipinski definition) is 4. The lowest BCUT2D eigenvalue weighted by Crippen LogP contribution is -2.31. The summed E-state index contributed by atoms with van der Waals surface area (Å²) in [5, 5.41) is 8.87. The van der Waals surface area contributed by atoms with Crippen LogP contribution in [0.1, 0.15) is 24.0 Å². The minimum absolute atomic E-state index is 0.235. The van der Waals surface area contributed by atoms with Gasteiger partial charge in [0.05, 0.1) is 16.5 Å². The number of hydrogen-bond donors (Lipinski definition) is 1. The maximum atomic E-state index is 12.2. The van der Waals surface area contributed by atoms with E-state index in [2.05, 4.69) is 4.72 Å². The van der Waals surface area contributed by atoms with Gasteiger partial charge in [0.25, 0.3) is 0 Å². The average molecular weight is 310 g/mol. The van der Waals surface area contributed by atoms with E-state index in [0.29, 0.717) is 23.6 Å². The van der Waals surface area contributed by atoms with Crippen molar-refractivity contribution in [1.29, 1.82) is 5.26 Å². The Kier molecular flexibility index (Phi) is 5.08. The molecule has 0 radical (unpaired) electrons. The Hall–Kier alpha value is -1.03. The molecule has 0 aromatic heterocycles. The fourth-order valence-corrected chi connectivity index (χ4v) is 4.60. The van der Waals surface area contributed by atoms with E-state index in [0.717, 1.165) is 24.3 Å². The number of nitrogens with one attached hydrogen (secondary N) is 1. The molecule has 6 heteroatoms. The highest BCUT2D eigenvalue weighted by Crippen LogP contribution is 2.22. The lowest BCUT2D eigenvalue weighted by molar-refractivity contribution is 0.476. The van der Waals surface area contributed by atoms with Crippen molar-refractivity contribution in [3.8, 4) is 6.07 Å². The normalized spacial score (nSPS) is 16.8. The molecule has 2 rings (SSSR count). The molecular formula is C14H18N2O2S2. The lowest BCUT2D eigenvalue weighted by Gasteiger charge is -2.21. The molecule has 20 heavy (non-hydrogen) atoms. The topological polar surface area (TPSA) is 70.0 Å². The smallest absolute Gasteiger partial charge is 0.211 e. The fourth-order valence-electron chi connectivity index (χ4n) is 2.19. The Morgan fingerprint density at radius 2 is 2.10 bits per heavy atom. The molecule has 0 bridgehead atoms. The molecule has 4 nitrogen and oxygen atoms in total. The predicted molar refractivity (Wildman–Crippen MR) is 81.1 cm³/mol. The van der Waals surface area contributed by atoms with Crippen LogP contribution in [0.15, 0.2) is 23.1 Å². The van der Waals surface area contributed by atoms with Crippen LogP contribution >= 0.6 is 11.8 Å². The van der Waals surface area contributed by atoms with Crippen LogP contribution in [-0.4, -0.2) is 26.5 Å². The summed E-state index contributed by atoms with van der Waals surface area (Å²) in [5.74, 6) is 2.66. The molecule has 0 unspecified atom stereocenters. The van der Waals surface area contributed by atoms with Crippen molar-refractivity contribution in [2.75, 3.05) is 18.1 Å². The zero-order valence-corrected chi connectivity index (χ0v) is 13.1. The van der Waals surface area contributed by atoms with Gasteiger partial charge in [-0.05, 0) is 61.0 Å². The van der Waals surface area contributed by atoms with Crippen LogP contribution < -0.4 is 4.72 Å². The molecule has 1 aliphatic rings. The highest BCUT2D eigenvalue weighted by atomic mass is 32.2. The van der Waals surface area contributed by atoms with E-state index in [9.17, 15) is 8.42 Å². The number of benzene rings is 1. The molecule has 0 amide bonds. The molecule has 1 aromatic carbocycles. The SMILES string of the molecule is Cc1cc(S(=O)(=O)NCC2CCSCC2)ccc1C#N. The van der Waals surface area contributed by atoms with Crippen LogP contribution in [0.2, 0.25) is 0 Å². The molecule has 0 spiro atoms. The number of sulfonamides is 1. The van der Waals surface area contributed by atoms with Gasteiger partial charge in [0.1, 0.15) is 0 Å². The molecule has 108 valence electrons. The zero-order valence-electron chi connectivity index (χ0n) is 11.4. The lowest BCUT2D eigenvalue weighted by atomic mass is 10.0. The van der Waals surface area contributed by atoms with Crippen LogP contribution in [0.4, 0.5) is 0 Å². The molecule has 0 saturated carbocycles. The minimum atomic E-state index is -3.47. The van der Waals surface area contributed by atoms with Crippen LogP contribution in [0.25, 0.3) is 0 Å². The molecule has 1 N–H and O–H groups in total. The summed E-state index contributed by atoms with van der Waals surface area (Å²) in [6.45, 7) is 2.25. The standard InChI is InChI=1S/C14H18N2O2S2/c1-11-8-14(3-2-13(11)9-15)20(17,18)16-10-12-4-6-19-7-5-12/h2-3,8,12,16H,4-7,10H2,1H3. The van der Waals surface area contributed by atoms with E-state index in [-0.39, 0.29) is 4.90 Å². The third-order valence-electron chi connectivity index (χ3n) is 3.53. The van der Waals surface area contributed by atoms with E-state index in [1.807, 2.05) is 17.8 Å². The van der Waals surface area contributed by atoms with Crippen LogP contribution in [-0.2, 0) is 10.0 Å². The van der Waals surface area contributed by atoms with Gasteiger partial charge in [-0.3, -0.25) is 0 Å². The summed E-state index contributed by atoms with van der Waals surface area (Å²) in [7, 11) is -3.47. The van der Waals surface area contributed by atoms with Crippen LogP contribution in [0.5, 0.6) is 0 Å². The number of nitriles is 1. The number of thioether (sulfide) groups is 1. The highest BCUT2D eigenvalue weighted by molar-refractivity contribution is 7.99. The number of rotatable bonds is 4. The van der Waals surface area contributed by atoms with Gasteiger partial charge < -0.3 is 0 Å². The van der Waals surface area contributed by atoms with Gasteiger partial charge in [-0.1, -0.05) is 0 Å². The molecule has 1 saturated heterocycles. The first-order valence-corrected chi connectivity index (χ1v) is 9.25. The number of nitrogens with zero attached hydrogens (tertiary/aromatic N) is 1. The third-order valence-corrected chi connectivity index (χ3v) is 6.00. The third kappa shape index (κ3) is 3.75. The summed E-state index contributed by atoms with van der Waals surface area (Å²) in [4.78, 5) is 0.235. The van der Waals surface area contributed by atoms with Crippen molar-refractivity contribution in [3.05, 3.63) is 29.3 Å². The summed E-state index contributed by atoms with van der Waals surface area (Å²) in [6, 6.07) is 6.64. The molecule has 0 atom stereocenters. The summed E-state index contributed by atoms with van der Waals surface area (Å²) in [6.07, 6.45) is 2.14. The largest absolute Gasteiger partial charge is 0.240 e. The first kappa shape index (κ1) is 15.4. The molecule has 1 fully saturated rings. The summed E-state index contributed by atoms with van der Waals surface area (Å²) in [5.41, 5.74) is 1.19. The van der Waals surface area contributed by atoms with Crippen molar-refractivity contribution in [1.82, 2.24) is 4.72 Å². The van der Waals surface area contributed by atoms with E-state index in [1.54, 1.807) is 19.1 Å². The fraction of sp³-hybridized carbons (Fsp3) is 0.500. The molecule has 1 aliphatic heterocycles. The van der Waals surface area contributed by atoms with Crippen molar-refractivity contribution < 1.29 is 8.42 Å². The summed E-state index contributed by atoms with van der Waals surface area (Å²) >= 11 is 1.93. The van der Waals surface area contributed by atoms with Gasteiger partial charge >= 0.3 is 0 Å². The molecule has 0 aliphatic carbocycles. The van der Waals surface area contributed by atoms with E-state index in [4.69, 9.17) is 5.26 Å². The Balaban J connectivity index is 2.06. The second kappa shape index (κ2) is 6.61. The maximum Gasteiger partial charge on any atom is 0.240 e. The van der Waals surface area contributed by atoms with Gasteiger partial charge in [0, 0.05) is 6.54 Å². The van der Waals surface area contributed by atoms with Gasteiger partial charge in [-0.15, -0.1) is 0 Å². The van der Waals surface area contributed by atoms with E-state index in [1.165, 1.54) is 6.07 Å². The van der Waals surface area contributed by atoms with Crippen molar-refractivity contribution >= 4 is 21.8 Å². The predicted octanol–water partition coefficient (Wildman–Crippen LogP) is 2.29. The van der Waals surface area contributed by atoms with Gasteiger partial charge in [-0.25, -0.2) is 13.1 Å². The van der Waals surface area contributed by atoms with Crippen molar-refractivity contribution in [3.63, 3.8) is 0 Å². The van der Waals surface area contributed by atoms with Crippen LogP contribution in [0, 0.1) is 24.2 Å². The van der Waals surface area contributed by atoms with Gasteiger partial charge in [0.2, 0.25) is 10.0 Å². The molecular weight excluding hydrogens is 292 g/mol. The first-order chi connectivity index (χ1) is 9.53. The Morgan fingerprint density at radius 3 is 2.70 bits per heavy atom. The zero-order chi connectivity index (χ0) is 14.6. The van der Waals surface area contributed by atoms with Crippen molar-refractivity contribution in [2.45, 2.75) is 24.7 Å². The second-order valence-corrected chi connectivity index (χ2v) is 7.99. The first-order valence-electron chi connectivity index (χ1n) is 6.61. The monoisotopic (exact) mass is 310 g/mol. The molecule has 1 heterocycles. The Labute approximate surface area is 124 Å². The summed E-state index contributed by atoms with van der Waals surface area (Å²) < 4.78 is 27.1. The van der Waals surface area contributed by atoms with Gasteiger partial charge in [0.15, 0.2) is 0 Å².